The molecule has 0 saturated carbocycles. The van der Waals surface area contributed by atoms with Gasteiger partial charge in [-0.2, -0.15) is 0 Å². The number of benzene rings is 1. The smallest absolute Gasteiger partial charge is 0.251 e. The lowest BCUT2D eigenvalue weighted by molar-refractivity contribution is 0.0963. The lowest BCUT2D eigenvalue weighted by Gasteiger charge is -2.10. The number of anilines is 1. The third kappa shape index (κ3) is 3.92. The van der Waals surface area contributed by atoms with Gasteiger partial charge in [0.2, 0.25) is 0 Å². The maximum absolute atomic E-state index is 11.4. The van der Waals surface area contributed by atoms with Gasteiger partial charge in [0.15, 0.2) is 0 Å². The van der Waals surface area contributed by atoms with Gasteiger partial charge >= 0.3 is 0 Å². The first kappa shape index (κ1) is 13.8. The molecule has 0 aliphatic carbocycles. The van der Waals surface area contributed by atoms with Crippen LogP contribution in [-0.4, -0.2) is 41.6 Å². The fraction of sp³-hybridized carbons (Fsp3) is 0.364. The van der Waals surface area contributed by atoms with Crippen molar-refractivity contribution in [3.05, 3.63) is 23.8 Å². The topological polar surface area (TPSA) is 95.6 Å². The van der Waals surface area contributed by atoms with Crippen LogP contribution >= 0.6 is 11.8 Å². The van der Waals surface area contributed by atoms with E-state index in [4.69, 9.17) is 10.8 Å². The fourth-order valence-corrected chi connectivity index (χ4v) is 2.11. The van der Waals surface area contributed by atoms with Crippen LogP contribution in [0.25, 0.3) is 0 Å². The van der Waals surface area contributed by atoms with Crippen LogP contribution in [0.2, 0.25) is 0 Å². The molecular weight excluding hydrogens is 240 g/mol. The summed E-state index contributed by atoms with van der Waals surface area (Å²) in [6, 6.07) is 4.96. The number of carbonyl (C=O) groups excluding carboxylic acids is 1. The van der Waals surface area contributed by atoms with Crippen molar-refractivity contribution < 1.29 is 15.0 Å². The van der Waals surface area contributed by atoms with Gasteiger partial charge in [0.1, 0.15) is 0 Å². The van der Waals surface area contributed by atoms with Crippen molar-refractivity contribution in [2.75, 3.05) is 25.1 Å². The van der Waals surface area contributed by atoms with E-state index in [-0.39, 0.29) is 12.5 Å². The monoisotopic (exact) mass is 256 g/mol. The van der Waals surface area contributed by atoms with Crippen molar-refractivity contribution in [1.29, 1.82) is 0 Å². The molecule has 0 aromatic heterocycles. The number of nitrogens with two attached hydrogens (primary N) is 1. The van der Waals surface area contributed by atoms with E-state index in [1.807, 2.05) is 0 Å². The summed E-state index contributed by atoms with van der Waals surface area (Å²) < 4.78 is 0. The van der Waals surface area contributed by atoms with Gasteiger partial charge in [0.05, 0.1) is 12.7 Å². The molecular formula is C11H16N2O3S. The molecule has 0 aliphatic rings. The molecule has 94 valence electrons. The Morgan fingerprint density at radius 1 is 1.59 bits per heavy atom. The molecule has 0 spiro atoms. The molecule has 0 aliphatic heterocycles. The Kier molecular flexibility index (Phi) is 5.27. The molecule has 1 rings (SSSR count). The average Bonchev–Trinajstić information content (AvgIpc) is 2.36. The van der Waals surface area contributed by atoms with E-state index in [0.29, 0.717) is 17.0 Å². The summed E-state index contributed by atoms with van der Waals surface area (Å²) in [5, 5.41) is 20.5. The lowest BCUT2D eigenvalue weighted by atomic mass is 10.2. The number of rotatable bonds is 5. The van der Waals surface area contributed by atoms with Crippen molar-refractivity contribution in [3.63, 3.8) is 0 Å². The van der Waals surface area contributed by atoms with Gasteiger partial charge in [0.25, 0.3) is 5.91 Å². The number of carbonyl (C=O) groups is 1. The normalized spacial score (nSPS) is 12.2. The van der Waals surface area contributed by atoms with Crippen molar-refractivity contribution in [2.24, 2.45) is 0 Å². The average molecular weight is 256 g/mol. The van der Waals surface area contributed by atoms with Crippen molar-refractivity contribution >= 4 is 23.4 Å². The van der Waals surface area contributed by atoms with Crippen LogP contribution in [0.15, 0.2) is 23.1 Å². The molecule has 1 unspecified atom stereocenters. The van der Waals surface area contributed by atoms with Gasteiger partial charge in [-0.15, -0.1) is 11.8 Å². The van der Waals surface area contributed by atoms with Gasteiger partial charge < -0.3 is 21.3 Å². The van der Waals surface area contributed by atoms with Crippen LogP contribution in [-0.2, 0) is 0 Å². The summed E-state index contributed by atoms with van der Waals surface area (Å²) in [5.41, 5.74) is 6.83. The SMILES string of the molecule is CNC(=O)c1ccc(N)c(SCC(O)CO)c1. The van der Waals surface area contributed by atoms with E-state index in [9.17, 15) is 9.90 Å². The largest absolute Gasteiger partial charge is 0.398 e. The quantitative estimate of drug-likeness (QED) is 0.442. The highest BCUT2D eigenvalue weighted by Crippen LogP contribution is 2.26. The Balaban J connectivity index is 2.80. The molecule has 0 saturated heterocycles. The third-order valence-electron chi connectivity index (χ3n) is 2.14. The molecule has 0 radical (unpaired) electrons. The number of amides is 1. The van der Waals surface area contributed by atoms with E-state index in [2.05, 4.69) is 5.32 Å². The Hall–Kier alpha value is -1.24. The first-order valence-corrected chi connectivity index (χ1v) is 6.10. The zero-order valence-corrected chi connectivity index (χ0v) is 10.3. The standard InChI is InChI=1S/C11H16N2O3S/c1-13-11(16)7-2-3-9(12)10(4-7)17-6-8(15)5-14/h2-4,8,14-15H,5-6,12H2,1H3,(H,13,16). The number of aliphatic hydroxyl groups excluding tert-OH is 2. The first-order valence-electron chi connectivity index (χ1n) is 5.11. The predicted octanol–water partition coefficient (Wildman–Crippen LogP) is 0.0737. The minimum Gasteiger partial charge on any atom is -0.398 e. The Labute approximate surface area is 104 Å². The van der Waals surface area contributed by atoms with E-state index < -0.39 is 6.10 Å². The minimum atomic E-state index is -0.789. The van der Waals surface area contributed by atoms with Crippen molar-refractivity contribution in [3.8, 4) is 0 Å². The second-order valence-corrected chi connectivity index (χ2v) is 4.54. The van der Waals surface area contributed by atoms with Crippen molar-refractivity contribution in [1.82, 2.24) is 5.32 Å². The maximum Gasteiger partial charge on any atom is 0.251 e. The van der Waals surface area contributed by atoms with E-state index in [1.165, 1.54) is 11.8 Å². The number of thioether (sulfide) groups is 1. The van der Waals surface area contributed by atoms with Gasteiger partial charge in [-0.1, -0.05) is 0 Å². The molecule has 1 aromatic rings. The highest BCUT2D eigenvalue weighted by molar-refractivity contribution is 7.99. The number of nitrogen functional groups attached to an aromatic ring is 1. The Morgan fingerprint density at radius 3 is 2.88 bits per heavy atom. The molecule has 1 atom stereocenters. The lowest BCUT2D eigenvalue weighted by Crippen LogP contribution is -2.18. The fourth-order valence-electron chi connectivity index (χ4n) is 1.18. The zero-order valence-electron chi connectivity index (χ0n) is 9.51. The predicted molar refractivity (Wildman–Crippen MR) is 68.1 cm³/mol. The van der Waals surface area contributed by atoms with Crippen molar-refractivity contribution in [2.45, 2.75) is 11.0 Å². The summed E-state index contributed by atoms with van der Waals surface area (Å²) in [7, 11) is 1.56. The minimum absolute atomic E-state index is 0.186. The number of hydrogen-bond donors (Lipinski definition) is 4. The molecule has 1 amide bonds. The first-order chi connectivity index (χ1) is 8.08. The number of hydrogen-bond acceptors (Lipinski definition) is 5. The van der Waals surface area contributed by atoms with Gasteiger partial charge in [-0.05, 0) is 18.2 Å². The van der Waals surface area contributed by atoms with Gasteiger partial charge in [-0.25, -0.2) is 0 Å². The number of aliphatic hydroxyl groups is 2. The summed E-state index contributed by atoms with van der Waals surface area (Å²) in [6.07, 6.45) is -0.789. The van der Waals surface area contributed by atoms with Gasteiger partial charge in [-0.3, -0.25) is 4.79 Å². The van der Waals surface area contributed by atoms with Crippen LogP contribution in [0.5, 0.6) is 0 Å². The number of nitrogens with one attached hydrogen (secondary N) is 1. The molecule has 5 nitrogen and oxygen atoms in total. The summed E-state index contributed by atoms with van der Waals surface area (Å²) >= 11 is 1.31. The Morgan fingerprint density at radius 2 is 2.29 bits per heavy atom. The third-order valence-corrected chi connectivity index (χ3v) is 3.36. The molecule has 5 N–H and O–H groups in total. The second kappa shape index (κ2) is 6.48. The highest BCUT2D eigenvalue weighted by Gasteiger charge is 2.09. The van der Waals surface area contributed by atoms with Gasteiger partial charge in [0, 0.05) is 28.9 Å². The zero-order chi connectivity index (χ0) is 12.8. The molecule has 17 heavy (non-hydrogen) atoms. The maximum atomic E-state index is 11.4. The second-order valence-electron chi connectivity index (χ2n) is 3.48. The van der Waals surface area contributed by atoms with E-state index in [0.717, 1.165) is 4.90 Å². The summed E-state index contributed by atoms with van der Waals surface area (Å²) in [5.74, 6) is 0.146. The highest BCUT2D eigenvalue weighted by atomic mass is 32.2. The summed E-state index contributed by atoms with van der Waals surface area (Å²) in [4.78, 5) is 12.1. The molecule has 6 heteroatoms. The summed E-state index contributed by atoms with van der Waals surface area (Å²) in [6.45, 7) is -0.290. The van der Waals surface area contributed by atoms with Crippen LogP contribution in [0.1, 0.15) is 10.4 Å². The Bertz CT molecular complexity index is 398. The van der Waals surface area contributed by atoms with E-state index >= 15 is 0 Å². The molecule has 1 aromatic carbocycles. The van der Waals surface area contributed by atoms with Crippen LogP contribution in [0.3, 0.4) is 0 Å². The van der Waals surface area contributed by atoms with Crippen LogP contribution in [0.4, 0.5) is 5.69 Å². The van der Waals surface area contributed by atoms with Crippen LogP contribution in [0, 0.1) is 0 Å². The van der Waals surface area contributed by atoms with E-state index in [1.54, 1.807) is 25.2 Å². The molecule has 0 heterocycles. The molecule has 0 bridgehead atoms. The molecule has 0 fully saturated rings. The van der Waals surface area contributed by atoms with Crippen LogP contribution < -0.4 is 11.1 Å².